The molecule has 15 nitrogen and oxygen atoms in total. The predicted octanol–water partition coefficient (Wildman–Crippen LogP) is 4.45. The van der Waals surface area contributed by atoms with Gasteiger partial charge in [-0.2, -0.15) is 15.1 Å². The van der Waals surface area contributed by atoms with Crippen LogP contribution in [0.4, 0.5) is 5.95 Å². The molecule has 0 aliphatic carbocycles. The van der Waals surface area contributed by atoms with E-state index in [0.29, 0.717) is 11.2 Å². The predicted molar refractivity (Wildman–Crippen MR) is 188 cm³/mol. The number of esters is 1. The number of rotatable bonds is 13. The largest absolute Gasteiger partial charge is 0.479 e. The molecule has 5 N–H and O–H groups in total. The first-order valence-electron chi connectivity index (χ1n) is 16.3. The molecule has 3 heterocycles. The van der Waals surface area contributed by atoms with Gasteiger partial charge in [-0.1, -0.05) is 80.6 Å². The van der Waals surface area contributed by atoms with Crippen LogP contribution in [0.25, 0.3) is 21.9 Å². The van der Waals surface area contributed by atoms with Crippen LogP contribution >= 0.6 is 7.75 Å². The van der Waals surface area contributed by atoms with Gasteiger partial charge in [0.05, 0.1) is 13.7 Å². The van der Waals surface area contributed by atoms with E-state index in [4.69, 9.17) is 29.0 Å². The molecule has 0 spiro atoms. The molecule has 0 saturated carbocycles. The number of nitrogens with two attached hydrogens (primary N) is 1. The Morgan fingerprint density at radius 3 is 2.51 bits per heavy atom. The number of aliphatic hydroxyl groups is 2. The zero-order chi connectivity index (χ0) is 36.5. The third kappa shape index (κ3) is 7.40. The van der Waals surface area contributed by atoms with Crippen molar-refractivity contribution in [3.8, 4) is 11.6 Å². The van der Waals surface area contributed by atoms with Crippen LogP contribution in [0.3, 0.4) is 0 Å². The van der Waals surface area contributed by atoms with Crippen molar-refractivity contribution in [1.82, 2.24) is 24.6 Å². The van der Waals surface area contributed by atoms with Crippen LogP contribution < -0.4 is 20.1 Å². The number of nitrogen functional groups attached to an aromatic ring is 1. The molecule has 1 aliphatic rings. The fourth-order valence-corrected chi connectivity index (χ4v) is 7.66. The average Bonchev–Trinajstić information content (AvgIpc) is 3.55. The van der Waals surface area contributed by atoms with E-state index in [1.54, 1.807) is 39.0 Å². The van der Waals surface area contributed by atoms with Gasteiger partial charge in [0.2, 0.25) is 11.8 Å². The number of aromatic nitrogens is 4. The van der Waals surface area contributed by atoms with E-state index in [2.05, 4.69) is 20.0 Å². The average molecular weight is 721 g/mol. The van der Waals surface area contributed by atoms with Gasteiger partial charge in [-0.3, -0.25) is 13.9 Å². The van der Waals surface area contributed by atoms with E-state index in [0.717, 1.165) is 10.9 Å². The minimum atomic E-state index is -4.47. The summed E-state index contributed by atoms with van der Waals surface area (Å²) in [6, 6.07) is 20.6. The first kappa shape index (κ1) is 36.2. The highest BCUT2D eigenvalue weighted by Crippen LogP contribution is 2.49. The van der Waals surface area contributed by atoms with Crippen LogP contribution in [0, 0.1) is 12.8 Å². The molecule has 16 heteroatoms. The van der Waals surface area contributed by atoms with Crippen molar-refractivity contribution in [2.24, 2.45) is 5.92 Å². The van der Waals surface area contributed by atoms with Crippen molar-refractivity contribution < 1.29 is 42.8 Å². The number of fused-ring (bicyclic) bond motifs is 2. The number of ether oxygens (including phenoxy) is 3. The zero-order valence-corrected chi connectivity index (χ0v) is 29.7. The number of imidazole rings is 1. The molecule has 0 radical (unpaired) electrons. The Morgan fingerprint density at radius 1 is 1.08 bits per heavy atom. The second kappa shape index (κ2) is 14.5. The van der Waals surface area contributed by atoms with Gasteiger partial charge in [0.15, 0.2) is 17.4 Å². The maximum absolute atomic E-state index is 14.8. The van der Waals surface area contributed by atoms with Gasteiger partial charge < -0.3 is 34.7 Å². The lowest BCUT2D eigenvalue weighted by atomic mass is 9.96. The number of benzene rings is 3. The van der Waals surface area contributed by atoms with Crippen molar-refractivity contribution in [1.29, 1.82) is 0 Å². The number of anilines is 1. The fraction of sp³-hybridized carbons (Fsp3) is 0.371. The van der Waals surface area contributed by atoms with Crippen molar-refractivity contribution in [2.75, 3.05) is 19.5 Å². The lowest BCUT2D eigenvalue weighted by molar-refractivity contribution is -0.148. The molecular formula is C35H41N6O9P. The Labute approximate surface area is 294 Å². The molecule has 3 aromatic carbocycles. The SMILES string of the molecule is COc1nc(N)nc2c1nc(C)n2C1OC(COP(=O)(NC(C(=O)OCc2ccccc2)C(C)C)Oc2cccc3ccccc23)C(O)C1(C)O. The molecule has 0 bridgehead atoms. The minimum Gasteiger partial charge on any atom is -0.479 e. The third-order valence-corrected chi connectivity index (χ3v) is 10.2. The standard InChI is InChI=1S/C35H41N6O9P/c1-20(2)27(32(43)47-18-22-12-7-6-8-13-22)40-51(45,50-25-17-11-15-23-14-9-10-16-24(23)25)48-19-26-29(42)35(4,44)33(49-26)41-21(3)37-28-30(41)38-34(36)39-31(28)46-5/h6-17,20,26-27,29,33,42,44H,18-19H2,1-5H3,(H,40,45)(H2,36,38,39). The summed E-state index contributed by atoms with van der Waals surface area (Å²) in [5.41, 5.74) is 5.26. The topological polar surface area (TPSA) is 202 Å². The van der Waals surface area contributed by atoms with E-state index in [9.17, 15) is 19.6 Å². The number of hydrogen-bond donors (Lipinski definition) is 4. The van der Waals surface area contributed by atoms with Gasteiger partial charge in [0.25, 0.3) is 0 Å². The second-order valence-corrected chi connectivity index (χ2v) is 14.5. The van der Waals surface area contributed by atoms with E-state index >= 15 is 0 Å². The summed E-state index contributed by atoms with van der Waals surface area (Å²) in [5.74, 6) is -0.464. The highest BCUT2D eigenvalue weighted by Gasteiger charge is 2.55. The van der Waals surface area contributed by atoms with E-state index in [1.165, 1.54) is 18.6 Å². The molecule has 51 heavy (non-hydrogen) atoms. The van der Waals surface area contributed by atoms with Crippen molar-refractivity contribution in [2.45, 2.75) is 64.4 Å². The lowest BCUT2D eigenvalue weighted by Crippen LogP contribution is -2.45. The van der Waals surface area contributed by atoms with E-state index in [-0.39, 0.29) is 35.3 Å². The highest BCUT2D eigenvalue weighted by molar-refractivity contribution is 7.52. The number of methoxy groups -OCH3 is 1. The number of carbonyl (C=O) groups excluding carboxylic acids is 1. The number of nitrogens with zero attached hydrogens (tertiary/aromatic N) is 4. The minimum absolute atomic E-state index is 0.00326. The fourth-order valence-electron chi connectivity index (χ4n) is 5.98. The molecule has 1 aliphatic heterocycles. The molecule has 0 amide bonds. The number of aryl methyl sites for hydroxylation is 1. The number of aliphatic hydroxyl groups excluding tert-OH is 1. The maximum atomic E-state index is 14.8. The summed E-state index contributed by atoms with van der Waals surface area (Å²) in [4.78, 5) is 26.3. The molecular weight excluding hydrogens is 679 g/mol. The first-order chi connectivity index (χ1) is 24.3. The molecule has 270 valence electrons. The zero-order valence-electron chi connectivity index (χ0n) is 28.8. The van der Waals surface area contributed by atoms with Crippen molar-refractivity contribution >= 4 is 41.6 Å². The Balaban J connectivity index is 1.29. The van der Waals surface area contributed by atoms with Gasteiger partial charge in [-0.05, 0) is 36.8 Å². The highest BCUT2D eigenvalue weighted by atomic mass is 31.2. The van der Waals surface area contributed by atoms with Crippen molar-refractivity contribution in [3.05, 3.63) is 84.2 Å². The third-order valence-electron chi connectivity index (χ3n) is 8.70. The maximum Gasteiger partial charge on any atom is 0.459 e. The van der Waals surface area contributed by atoms with Gasteiger partial charge >= 0.3 is 13.7 Å². The molecule has 1 saturated heterocycles. The van der Waals surface area contributed by atoms with E-state index in [1.807, 2.05) is 54.6 Å². The summed E-state index contributed by atoms with van der Waals surface area (Å²) in [6.45, 7) is 6.04. The Hall–Kier alpha value is -4.63. The monoisotopic (exact) mass is 720 g/mol. The Kier molecular flexibility index (Phi) is 10.3. The van der Waals surface area contributed by atoms with Crippen LogP contribution in [0.1, 0.15) is 38.4 Å². The summed E-state index contributed by atoms with van der Waals surface area (Å²) < 4.78 is 45.5. The summed E-state index contributed by atoms with van der Waals surface area (Å²) in [6.07, 6.45) is -4.03. The molecule has 1 fully saturated rings. The van der Waals surface area contributed by atoms with Gasteiger partial charge in [-0.25, -0.2) is 9.55 Å². The van der Waals surface area contributed by atoms with Crippen LogP contribution in [-0.4, -0.2) is 73.3 Å². The smallest absolute Gasteiger partial charge is 0.459 e. The van der Waals surface area contributed by atoms with Crippen LogP contribution in [-0.2, 0) is 30.0 Å². The number of carbonyl (C=O) groups is 1. The quantitative estimate of drug-likeness (QED) is 0.0981. The van der Waals surface area contributed by atoms with Crippen LogP contribution in [0.2, 0.25) is 0 Å². The number of nitrogens with one attached hydrogen (secondary N) is 1. The molecule has 6 rings (SSSR count). The lowest BCUT2D eigenvalue weighted by Gasteiger charge is -2.28. The second-order valence-electron chi connectivity index (χ2n) is 12.8. The Bertz CT molecular complexity index is 2070. The van der Waals surface area contributed by atoms with Gasteiger partial charge in [0, 0.05) is 5.39 Å². The first-order valence-corrected chi connectivity index (χ1v) is 17.9. The van der Waals surface area contributed by atoms with E-state index < -0.39 is 56.3 Å². The molecule has 6 atom stereocenters. The summed E-state index contributed by atoms with van der Waals surface area (Å²) in [7, 11) is -3.06. The normalized spacial score (nSPS) is 22.2. The van der Waals surface area contributed by atoms with Crippen molar-refractivity contribution in [3.63, 3.8) is 0 Å². The molecule has 6 unspecified atom stereocenters. The van der Waals surface area contributed by atoms with Gasteiger partial charge in [0.1, 0.15) is 42.0 Å². The van der Waals surface area contributed by atoms with Crippen LogP contribution in [0.15, 0.2) is 72.8 Å². The Morgan fingerprint density at radius 2 is 1.78 bits per heavy atom. The number of hydrogen-bond acceptors (Lipinski definition) is 13. The summed E-state index contributed by atoms with van der Waals surface area (Å²) in [5, 5.41) is 27.3. The molecule has 5 aromatic rings. The summed E-state index contributed by atoms with van der Waals surface area (Å²) >= 11 is 0. The van der Waals surface area contributed by atoms with Gasteiger partial charge in [-0.15, -0.1) is 0 Å². The van der Waals surface area contributed by atoms with Crippen LogP contribution in [0.5, 0.6) is 11.6 Å². The molecule has 2 aromatic heterocycles.